The van der Waals surface area contributed by atoms with E-state index < -0.39 is 5.91 Å². The van der Waals surface area contributed by atoms with Gasteiger partial charge in [0.2, 0.25) is 0 Å². The van der Waals surface area contributed by atoms with Crippen LogP contribution in [0.2, 0.25) is 0 Å². The van der Waals surface area contributed by atoms with E-state index in [-0.39, 0.29) is 18.6 Å². The molecule has 31 heavy (non-hydrogen) atoms. The van der Waals surface area contributed by atoms with Crippen molar-refractivity contribution in [2.24, 2.45) is 11.7 Å². The Labute approximate surface area is 182 Å². The largest absolute Gasteiger partial charge is 0.497 e. The quantitative estimate of drug-likeness (QED) is 0.590. The molecule has 7 nitrogen and oxygen atoms in total. The number of methoxy groups -OCH3 is 2. The number of hydrogen-bond donors (Lipinski definition) is 1. The number of carbonyl (C=O) groups is 2. The summed E-state index contributed by atoms with van der Waals surface area (Å²) in [7, 11) is 3.12. The molecule has 0 bridgehead atoms. The molecule has 2 aromatic carbocycles. The summed E-state index contributed by atoms with van der Waals surface area (Å²) in [5.41, 5.74) is 6.72. The molecule has 1 fully saturated rings. The maximum Gasteiger partial charge on any atom is 0.255 e. The van der Waals surface area contributed by atoms with Gasteiger partial charge in [-0.3, -0.25) is 9.59 Å². The Hall–Kier alpha value is -3.48. The van der Waals surface area contributed by atoms with Crippen LogP contribution in [0.15, 0.2) is 48.5 Å². The van der Waals surface area contributed by atoms with Crippen molar-refractivity contribution in [2.75, 3.05) is 25.7 Å². The molecular formula is C24H28N2O5. The van der Waals surface area contributed by atoms with E-state index in [2.05, 4.69) is 6.92 Å². The fourth-order valence-electron chi connectivity index (χ4n) is 3.40. The Bertz CT molecular complexity index is 951. The predicted octanol–water partition coefficient (Wildman–Crippen LogP) is 3.41. The summed E-state index contributed by atoms with van der Waals surface area (Å²) in [4.78, 5) is 25.9. The van der Waals surface area contributed by atoms with E-state index in [0.29, 0.717) is 17.4 Å². The molecule has 0 aromatic heterocycles. The van der Waals surface area contributed by atoms with Gasteiger partial charge in [-0.15, -0.1) is 0 Å². The van der Waals surface area contributed by atoms with Crippen LogP contribution in [0.1, 0.15) is 25.3 Å². The smallest absolute Gasteiger partial charge is 0.255 e. The van der Waals surface area contributed by atoms with Crippen LogP contribution in [0.4, 0.5) is 5.69 Å². The Balaban J connectivity index is 1.79. The lowest BCUT2D eigenvalue weighted by atomic mass is 10.1. The van der Waals surface area contributed by atoms with Crippen molar-refractivity contribution in [3.05, 3.63) is 54.1 Å². The topological polar surface area (TPSA) is 91.1 Å². The van der Waals surface area contributed by atoms with E-state index in [1.165, 1.54) is 7.11 Å². The first-order valence-corrected chi connectivity index (χ1v) is 10.2. The van der Waals surface area contributed by atoms with Crippen LogP contribution in [0.25, 0.3) is 6.08 Å². The highest BCUT2D eigenvalue weighted by atomic mass is 16.5. The molecule has 2 aromatic rings. The maximum absolute atomic E-state index is 13.1. The lowest BCUT2D eigenvalue weighted by molar-refractivity contribution is -0.120. The van der Waals surface area contributed by atoms with E-state index in [9.17, 15) is 9.59 Å². The second-order valence-corrected chi connectivity index (χ2v) is 7.48. The predicted molar refractivity (Wildman–Crippen MR) is 119 cm³/mol. The number of amides is 2. The average Bonchev–Trinajstić information content (AvgIpc) is 3.62. The zero-order chi connectivity index (χ0) is 22.4. The Kier molecular flexibility index (Phi) is 7.18. The minimum absolute atomic E-state index is 0.0995. The van der Waals surface area contributed by atoms with Crippen molar-refractivity contribution in [2.45, 2.75) is 25.8 Å². The van der Waals surface area contributed by atoms with E-state index in [0.717, 1.165) is 29.8 Å². The first-order valence-electron chi connectivity index (χ1n) is 10.2. The zero-order valence-corrected chi connectivity index (χ0v) is 18.0. The van der Waals surface area contributed by atoms with Crippen molar-refractivity contribution in [3.8, 4) is 17.2 Å². The summed E-state index contributed by atoms with van der Waals surface area (Å²) in [5.74, 6) is 1.46. The summed E-state index contributed by atoms with van der Waals surface area (Å²) >= 11 is 0. The molecule has 2 amide bonds. The Morgan fingerprint density at radius 1 is 1.10 bits per heavy atom. The summed E-state index contributed by atoms with van der Waals surface area (Å²) in [6, 6.07) is 12.8. The van der Waals surface area contributed by atoms with Crippen LogP contribution < -0.4 is 24.8 Å². The SMILES string of the molecule is COc1ccc(N(C(=O)/C=C/c2ccc(OCC(N)=O)c(OC)c2)C(C)C2CC2)cc1. The van der Waals surface area contributed by atoms with Crippen LogP contribution in [0, 0.1) is 5.92 Å². The molecular weight excluding hydrogens is 396 g/mol. The number of anilines is 1. The Morgan fingerprint density at radius 3 is 2.39 bits per heavy atom. The van der Waals surface area contributed by atoms with Crippen LogP contribution in [-0.4, -0.2) is 38.7 Å². The van der Waals surface area contributed by atoms with Gasteiger partial charge in [0.05, 0.1) is 14.2 Å². The molecule has 1 aliphatic rings. The number of hydrogen-bond acceptors (Lipinski definition) is 5. The molecule has 0 spiro atoms. The number of nitrogens with zero attached hydrogens (tertiary/aromatic N) is 1. The number of primary amides is 1. The fourth-order valence-corrected chi connectivity index (χ4v) is 3.40. The van der Waals surface area contributed by atoms with Gasteiger partial charge >= 0.3 is 0 Å². The van der Waals surface area contributed by atoms with Gasteiger partial charge in [-0.25, -0.2) is 0 Å². The third-order valence-electron chi connectivity index (χ3n) is 5.28. The zero-order valence-electron chi connectivity index (χ0n) is 18.0. The van der Waals surface area contributed by atoms with Crippen molar-refractivity contribution in [1.82, 2.24) is 0 Å². The van der Waals surface area contributed by atoms with Gasteiger partial charge in [0, 0.05) is 17.8 Å². The average molecular weight is 424 g/mol. The lowest BCUT2D eigenvalue weighted by Gasteiger charge is -2.28. The molecule has 1 atom stereocenters. The van der Waals surface area contributed by atoms with E-state index in [1.807, 2.05) is 29.2 Å². The first-order chi connectivity index (χ1) is 14.9. The highest BCUT2D eigenvalue weighted by Crippen LogP contribution is 2.37. The van der Waals surface area contributed by atoms with E-state index >= 15 is 0 Å². The molecule has 1 unspecified atom stereocenters. The second kappa shape index (κ2) is 10.0. The molecule has 0 aliphatic heterocycles. The first kappa shape index (κ1) is 22.2. The summed E-state index contributed by atoms with van der Waals surface area (Å²) in [6.07, 6.45) is 5.56. The Morgan fingerprint density at radius 2 is 1.81 bits per heavy atom. The molecule has 2 N–H and O–H groups in total. The third kappa shape index (κ3) is 5.78. The van der Waals surface area contributed by atoms with Crippen molar-refractivity contribution in [3.63, 3.8) is 0 Å². The number of rotatable bonds is 10. The van der Waals surface area contributed by atoms with E-state index in [4.69, 9.17) is 19.9 Å². The molecule has 0 saturated heterocycles. The molecule has 1 saturated carbocycles. The normalized spacial score (nSPS) is 14.2. The van der Waals surface area contributed by atoms with Gasteiger partial charge < -0.3 is 24.8 Å². The van der Waals surface area contributed by atoms with Gasteiger partial charge in [-0.1, -0.05) is 6.07 Å². The molecule has 0 radical (unpaired) electrons. The maximum atomic E-state index is 13.1. The van der Waals surface area contributed by atoms with Crippen molar-refractivity contribution in [1.29, 1.82) is 0 Å². The van der Waals surface area contributed by atoms with Crippen LogP contribution in [-0.2, 0) is 9.59 Å². The highest BCUT2D eigenvalue weighted by molar-refractivity contribution is 6.04. The minimum Gasteiger partial charge on any atom is -0.497 e. The highest BCUT2D eigenvalue weighted by Gasteiger charge is 2.34. The second-order valence-electron chi connectivity index (χ2n) is 7.48. The standard InChI is InChI=1S/C24H28N2O5/c1-16(18-6-7-18)26(19-8-10-20(29-2)11-9-19)24(28)13-5-17-4-12-21(22(14-17)30-3)31-15-23(25)27/h4-5,8-14,16,18H,6-7,15H2,1-3H3,(H2,25,27)/b13-5+. The molecule has 0 heterocycles. The molecule has 7 heteroatoms. The van der Waals surface area contributed by atoms with E-state index in [1.54, 1.807) is 37.5 Å². The van der Waals surface area contributed by atoms with Crippen LogP contribution >= 0.6 is 0 Å². The van der Waals surface area contributed by atoms with Gasteiger partial charge in [0.25, 0.3) is 11.8 Å². The minimum atomic E-state index is -0.569. The number of ether oxygens (including phenoxy) is 3. The van der Waals surface area contributed by atoms with Crippen LogP contribution in [0.5, 0.6) is 17.2 Å². The van der Waals surface area contributed by atoms with Crippen LogP contribution in [0.3, 0.4) is 0 Å². The fraction of sp³-hybridized carbons (Fsp3) is 0.333. The van der Waals surface area contributed by atoms with Gasteiger partial charge in [-0.05, 0) is 73.7 Å². The lowest BCUT2D eigenvalue weighted by Crippen LogP contribution is -2.39. The van der Waals surface area contributed by atoms with Gasteiger partial charge in [-0.2, -0.15) is 0 Å². The van der Waals surface area contributed by atoms with Crippen molar-refractivity contribution < 1.29 is 23.8 Å². The number of nitrogens with two attached hydrogens (primary N) is 1. The van der Waals surface area contributed by atoms with Gasteiger partial charge in [0.15, 0.2) is 18.1 Å². The third-order valence-corrected chi connectivity index (χ3v) is 5.28. The molecule has 1 aliphatic carbocycles. The van der Waals surface area contributed by atoms with Crippen molar-refractivity contribution >= 4 is 23.6 Å². The summed E-state index contributed by atoms with van der Waals surface area (Å²) < 4.78 is 15.9. The number of carbonyl (C=O) groups excluding carboxylic acids is 2. The summed E-state index contributed by atoms with van der Waals surface area (Å²) in [5, 5.41) is 0. The monoisotopic (exact) mass is 424 g/mol. The van der Waals surface area contributed by atoms with Gasteiger partial charge in [0.1, 0.15) is 5.75 Å². The number of benzene rings is 2. The molecule has 164 valence electrons. The summed E-state index contributed by atoms with van der Waals surface area (Å²) in [6.45, 7) is 1.85. The molecule has 3 rings (SSSR count).